The van der Waals surface area contributed by atoms with Crippen molar-refractivity contribution in [3.63, 3.8) is 0 Å². The summed E-state index contributed by atoms with van der Waals surface area (Å²) in [6, 6.07) is 4.18. The molecule has 1 fully saturated rings. The van der Waals surface area contributed by atoms with Crippen molar-refractivity contribution < 1.29 is 14.4 Å². The standard InChI is InChI=1S/C17H20Cl2N4O3/c1-2-3-20-17(26)21-15(24)11-22-4-6-23(7-5-22)16(25)12-8-13(18)10-14(19)9-12/h2,8-10H,1,3-7,11H2,(H2,20,21,24,26). The number of hydrogen-bond donors (Lipinski definition) is 2. The average molecular weight is 399 g/mol. The smallest absolute Gasteiger partial charge is 0.321 e. The number of rotatable bonds is 5. The predicted octanol–water partition coefficient (Wildman–Crippen LogP) is 1.76. The van der Waals surface area contributed by atoms with Gasteiger partial charge in [-0.3, -0.25) is 19.8 Å². The minimum Gasteiger partial charge on any atom is -0.336 e. The third-order valence-corrected chi connectivity index (χ3v) is 4.23. The Hall–Kier alpha value is -2.09. The van der Waals surface area contributed by atoms with Gasteiger partial charge in [0.2, 0.25) is 5.91 Å². The number of imide groups is 1. The van der Waals surface area contributed by atoms with E-state index in [0.717, 1.165) is 0 Å². The van der Waals surface area contributed by atoms with Crippen molar-refractivity contribution in [3.8, 4) is 0 Å². The SMILES string of the molecule is C=CCNC(=O)NC(=O)CN1CCN(C(=O)c2cc(Cl)cc(Cl)c2)CC1. The van der Waals surface area contributed by atoms with E-state index in [1.165, 1.54) is 6.08 Å². The number of nitrogens with zero attached hydrogens (tertiary/aromatic N) is 2. The number of piperazine rings is 1. The third-order valence-electron chi connectivity index (χ3n) is 3.80. The van der Waals surface area contributed by atoms with Gasteiger partial charge in [0, 0.05) is 48.3 Å². The summed E-state index contributed by atoms with van der Waals surface area (Å²) in [5.41, 5.74) is 0.438. The van der Waals surface area contributed by atoms with Crippen LogP contribution in [0.1, 0.15) is 10.4 Å². The molecule has 7 nitrogen and oxygen atoms in total. The minimum atomic E-state index is -0.554. The molecule has 0 aromatic heterocycles. The Morgan fingerprint density at radius 3 is 2.27 bits per heavy atom. The number of amides is 4. The van der Waals surface area contributed by atoms with E-state index in [4.69, 9.17) is 23.2 Å². The van der Waals surface area contributed by atoms with Gasteiger partial charge in [0.25, 0.3) is 5.91 Å². The van der Waals surface area contributed by atoms with Crippen LogP contribution in [0.15, 0.2) is 30.9 Å². The van der Waals surface area contributed by atoms with Crippen LogP contribution in [0, 0.1) is 0 Å². The molecule has 4 amide bonds. The summed E-state index contributed by atoms with van der Waals surface area (Å²) in [6.07, 6.45) is 1.52. The zero-order valence-electron chi connectivity index (χ0n) is 14.1. The quantitative estimate of drug-likeness (QED) is 0.740. The largest absolute Gasteiger partial charge is 0.336 e. The summed E-state index contributed by atoms with van der Waals surface area (Å²) < 4.78 is 0. The van der Waals surface area contributed by atoms with Crippen LogP contribution < -0.4 is 10.6 Å². The maximum absolute atomic E-state index is 12.5. The molecule has 0 unspecified atom stereocenters. The highest BCUT2D eigenvalue weighted by Gasteiger charge is 2.24. The molecule has 0 radical (unpaired) electrons. The molecule has 140 valence electrons. The maximum atomic E-state index is 12.5. The molecule has 0 aliphatic carbocycles. The molecule has 1 aliphatic rings. The first-order chi connectivity index (χ1) is 12.4. The summed E-state index contributed by atoms with van der Waals surface area (Å²) >= 11 is 11.9. The van der Waals surface area contributed by atoms with E-state index in [2.05, 4.69) is 17.2 Å². The van der Waals surface area contributed by atoms with Crippen LogP contribution in [-0.2, 0) is 4.79 Å². The highest BCUT2D eigenvalue weighted by Crippen LogP contribution is 2.20. The lowest BCUT2D eigenvalue weighted by atomic mass is 10.2. The summed E-state index contributed by atoms with van der Waals surface area (Å²) in [5.74, 6) is -0.546. The van der Waals surface area contributed by atoms with Gasteiger partial charge in [0.05, 0.1) is 6.54 Å². The third kappa shape index (κ3) is 6.01. The van der Waals surface area contributed by atoms with E-state index in [0.29, 0.717) is 41.8 Å². The minimum absolute atomic E-state index is 0.0898. The fourth-order valence-corrected chi connectivity index (χ4v) is 3.07. The molecule has 1 saturated heterocycles. The van der Waals surface area contributed by atoms with Crippen molar-refractivity contribution >= 4 is 41.0 Å². The summed E-state index contributed by atoms with van der Waals surface area (Å²) in [5, 5.41) is 5.53. The van der Waals surface area contributed by atoms with Gasteiger partial charge < -0.3 is 10.2 Å². The normalized spacial score (nSPS) is 14.6. The second kappa shape index (κ2) is 9.56. The van der Waals surface area contributed by atoms with Gasteiger partial charge in [-0.25, -0.2) is 4.79 Å². The fourth-order valence-electron chi connectivity index (χ4n) is 2.55. The van der Waals surface area contributed by atoms with E-state index in [-0.39, 0.29) is 19.0 Å². The van der Waals surface area contributed by atoms with Crippen LogP contribution in [-0.4, -0.2) is 66.9 Å². The van der Waals surface area contributed by atoms with Crippen molar-refractivity contribution in [3.05, 3.63) is 46.5 Å². The number of carbonyl (C=O) groups is 3. The Morgan fingerprint density at radius 1 is 1.08 bits per heavy atom. The topological polar surface area (TPSA) is 81.8 Å². The number of urea groups is 1. The fraction of sp³-hybridized carbons (Fsp3) is 0.353. The number of nitrogens with one attached hydrogen (secondary N) is 2. The highest BCUT2D eigenvalue weighted by molar-refractivity contribution is 6.35. The number of carbonyl (C=O) groups excluding carboxylic acids is 3. The monoisotopic (exact) mass is 398 g/mol. The molecule has 0 spiro atoms. The number of hydrogen-bond acceptors (Lipinski definition) is 4. The van der Waals surface area contributed by atoms with Crippen molar-refractivity contribution in [2.45, 2.75) is 0 Å². The maximum Gasteiger partial charge on any atom is 0.321 e. The van der Waals surface area contributed by atoms with Crippen LogP contribution in [0.3, 0.4) is 0 Å². The van der Waals surface area contributed by atoms with Gasteiger partial charge in [-0.1, -0.05) is 29.3 Å². The van der Waals surface area contributed by atoms with Crippen molar-refractivity contribution in [1.82, 2.24) is 20.4 Å². The summed E-state index contributed by atoms with van der Waals surface area (Å²) in [4.78, 5) is 39.4. The lowest BCUT2D eigenvalue weighted by molar-refractivity contribution is -0.121. The predicted molar refractivity (Wildman–Crippen MR) is 101 cm³/mol. The Bertz CT molecular complexity index is 683. The molecule has 1 heterocycles. The Labute approximate surface area is 161 Å². The van der Waals surface area contributed by atoms with Crippen molar-refractivity contribution in [1.29, 1.82) is 0 Å². The average Bonchev–Trinajstić information content (AvgIpc) is 2.59. The summed E-state index contributed by atoms with van der Waals surface area (Å²) in [6.45, 7) is 5.85. The molecule has 0 bridgehead atoms. The Morgan fingerprint density at radius 2 is 1.69 bits per heavy atom. The first kappa shape index (κ1) is 20.2. The zero-order valence-corrected chi connectivity index (χ0v) is 15.6. The van der Waals surface area contributed by atoms with Crippen molar-refractivity contribution in [2.24, 2.45) is 0 Å². The second-order valence-electron chi connectivity index (χ2n) is 5.77. The van der Waals surface area contributed by atoms with E-state index in [1.54, 1.807) is 23.1 Å². The van der Waals surface area contributed by atoms with Crippen LogP contribution in [0.25, 0.3) is 0 Å². The lowest BCUT2D eigenvalue weighted by Crippen LogP contribution is -2.52. The van der Waals surface area contributed by atoms with Crippen LogP contribution in [0.2, 0.25) is 10.0 Å². The molecule has 1 aliphatic heterocycles. The van der Waals surface area contributed by atoms with Gasteiger partial charge in [-0.05, 0) is 18.2 Å². The molecule has 2 rings (SSSR count). The summed E-state index contributed by atoms with van der Waals surface area (Å²) in [7, 11) is 0. The van der Waals surface area contributed by atoms with Gasteiger partial charge in [-0.2, -0.15) is 0 Å². The molecule has 1 aromatic rings. The molecule has 26 heavy (non-hydrogen) atoms. The van der Waals surface area contributed by atoms with Crippen LogP contribution in [0.4, 0.5) is 4.79 Å². The molecule has 0 atom stereocenters. The Balaban J connectivity index is 1.81. The molecular weight excluding hydrogens is 379 g/mol. The number of halogens is 2. The molecule has 0 saturated carbocycles. The Kier molecular flexibility index (Phi) is 7.44. The molecule has 1 aromatic carbocycles. The van der Waals surface area contributed by atoms with E-state index in [1.807, 2.05) is 4.90 Å². The van der Waals surface area contributed by atoms with Crippen LogP contribution >= 0.6 is 23.2 Å². The van der Waals surface area contributed by atoms with Gasteiger partial charge in [-0.15, -0.1) is 6.58 Å². The second-order valence-corrected chi connectivity index (χ2v) is 6.65. The first-order valence-electron chi connectivity index (χ1n) is 8.05. The zero-order chi connectivity index (χ0) is 19.1. The number of benzene rings is 1. The lowest BCUT2D eigenvalue weighted by Gasteiger charge is -2.34. The van der Waals surface area contributed by atoms with Gasteiger partial charge in [0.15, 0.2) is 0 Å². The molecule has 2 N–H and O–H groups in total. The van der Waals surface area contributed by atoms with Gasteiger partial charge in [0.1, 0.15) is 0 Å². The van der Waals surface area contributed by atoms with E-state index < -0.39 is 11.9 Å². The van der Waals surface area contributed by atoms with Crippen LogP contribution in [0.5, 0.6) is 0 Å². The van der Waals surface area contributed by atoms with Crippen molar-refractivity contribution in [2.75, 3.05) is 39.3 Å². The highest BCUT2D eigenvalue weighted by atomic mass is 35.5. The first-order valence-corrected chi connectivity index (χ1v) is 8.81. The van der Waals surface area contributed by atoms with E-state index >= 15 is 0 Å². The molecule has 9 heteroatoms. The van der Waals surface area contributed by atoms with E-state index in [9.17, 15) is 14.4 Å². The van der Waals surface area contributed by atoms with Gasteiger partial charge >= 0.3 is 6.03 Å². The molecular formula is C17H20Cl2N4O3.